The van der Waals surface area contributed by atoms with E-state index >= 15 is 0 Å². The van der Waals surface area contributed by atoms with Crippen molar-refractivity contribution >= 4 is 11.4 Å². The molecule has 3 N–H and O–H groups in total. The first-order valence-corrected chi connectivity index (χ1v) is 6.95. The summed E-state index contributed by atoms with van der Waals surface area (Å²) >= 11 is 0. The van der Waals surface area contributed by atoms with Crippen molar-refractivity contribution in [3.8, 4) is 5.75 Å². The molecule has 0 amide bonds. The Bertz CT molecular complexity index is 394. The largest absolute Gasteiger partial charge is 0.494 e. The third-order valence-corrected chi connectivity index (χ3v) is 4.07. The minimum absolute atomic E-state index is 0.510. The maximum absolute atomic E-state index is 5.89. The summed E-state index contributed by atoms with van der Waals surface area (Å²) in [7, 11) is 0. The monoisotopic (exact) mass is 248 g/mol. The van der Waals surface area contributed by atoms with Gasteiger partial charge in [0.05, 0.1) is 6.61 Å². The molecule has 1 saturated carbocycles. The predicted octanol–water partition coefficient (Wildman–Crippen LogP) is 3.66. The average Bonchev–Trinajstić information content (AvgIpc) is 2.28. The second-order valence-corrected chi connectivity index (χ2v) is 5.28. The summed E-state index contributed by atoms with van der Waals surface area (Å²) in [6, 6.07) is 5.88. The normalized spacial score (nSPS) is 17.0. The summed E-state index contributed by atoms with van der Waals surface area (Å²) in [5.74, 6) is 0.846. The number of hydrogen-bond donors (Lipinski definition) is 2. The zero-order chi connectivity index (χ0) is 13.0. The molecule has 0 spiro atoms. The lowest BCUT2D eigenvalue weighted by Gasteiger charge is -2.41. The first-order chi connectivity index (χ1) is 8.67. The minimum atomic E-state index is 0.510. The van der Waals surface area contributed by atoms with Crippen molar-refractivity contribution in [2.75, 3.05) is 24.2 Å². The molecule has 18 heavy (non-hydrogen) atoms. The van der Waals surface area contributed by atoms with Crippen LogP contribution >= 0.6 is 0 Å². The number of benzene rings is 1. The molecule has 1 aliphatic rings. The van der Waals surface area contributed by atoms with Crippen LogP contribution in [0.3, 0.4) is 0 Å². The lowest BCUT2D eigenvalue weighted by molar-refractivity contribution is 0.145. The van der Waals surface area contributed by atoms with Crippen LogP contribution in [0.25, 0.3) is 0 Å². The zero-order valence-electron chi connectivity index (χ0n) is 11.5. The number of nitrogens with one attached hydrogen (secondary N) is 1. The zero-order valence-corrected chi connectivity index (χ0v) is 11.5. The molecule has 0 saturated heterocycles. The predicted molar refractivity (Wildman–Crippen MR) is 77.1 cm³/mol. The molecule has 0 heterocycles. The van der Waals surface area contributed by atoms with E-state index in [2.05, 4.69) is 12.2 Å². The Hall–Kier alpha value is -1.38. The van der Waals surface area contributed by atoms with Crippen molar-refractivity contribution < 1.29 is 4.74 Å². The molecule has 1 aromatic rings. The number of ether oxygens (including phenoxy) is 1. The van der Waals surface area contributed by atoms with Gasteiger partial charge in [-0.25, -0.2) is 0 Å². The van der Waals surface area contributed by atoms with Gasteiger partial charge in [-0.1, -0.05) is 13.3 Å². The smallest absolute Gasteiger partial charge is 0.123 e. The van der Waals surface area contributed by atoms with Crippen molar-refractivity contribution in [1.82, 2.24) is 0 Å². The van der Waals surface area contributed by atoms with Gasteiger partial charge in [-0.05, 0) is 37.7 Å². The summed E-state index contributed by atoms with van der Waals surface area (Å²) in [4.78, 5) is 0. The molecular weight excluding hydrogens is 224 g/mol. The molecular formula is C15H24N2O. The van der Waals surface area contributed by atoms with E-state index in [0.29, 0.717) is 12.0 Å². The van der Waals surface area contributed by atoms with Gasteiger partial charge < -0.3 is 15.8 Å². The van der Waals surface area contributed by atoms with Crippen molar-refractivity contribution in [3.63, 3.8) is 0 Å². The standard InChI is InChI=1S/C15H24N2O/c1-3-15(6-5-7-15)11-17-13-8-12(16)9-14(10-13)18-4-2/h8-10,17H,3-7,11,16H2,1-2H3. The third-order valence-electron chi connectivity index (χ3n) is 4.07. The quantitative estimate of drug-likeness (QED) is 0.755. The Morgan fingerprint density at radius 3 is 2.61 bits per heavy atom. The van der Waals surface area contributed by atoms with Crippen molar-refractivity contribution in [2.24, 2.45) is 5.41 Å². The van der Waals surface area contributed by atoms with Crippen LogP contribution in [0.4, 0.5) is 11.4 Å². The van der Waals surface area contributed by atoms with E-state index in [9.17, 15) is 0 Å². The Balaban J connectivity index is 2.00. The van der Waals surface area contributed by atoms with Crippen LogP contribution in [0.15, 0.2) is 18.2 Å². The molecule has 0 unspecified atom stereocenters. The molecule has 0 bridgehead atoms. The SMILES string of the molecule is CCOc1cc(N)cc(NCC2(CC)CCC2)c1. The molecule has 1 aromatic carbocycles. The topological polar surface area (TPSA) is 47.3 Å². The van der Waals surface area contributed by atoms with Crippen molar-refractivity contribution in [3.05, 3.63) is 18.2 Å². The van der Waals surface area contributed by atoms with Gasteiger partial charge in [0, 0.05) is 30.1 Å². The molecule has 0 radical (unpaired) electrons. The van der Waals surface area contributed by atoms with E-state index in [0.717, 1.165) is 23.7 Å². The van der Waals surface area contributed by atoms with Crippen LogP contribution in [-0.2, 0) is 0 Å². The van der Waals surface area contributed by atoms with Crippen LogP contribution in [0, 0.1) is 5.41 Å². The van der Waals surface area contributed by atoms with Gasteiger partial charge in [0.1, 0.15) is 5.75 Å². The first kappa shape index (κ1) is 13.1. The average molecular weight is 248 g/mol. The number of nitrogen functional groups attached to an aromatic ring is 1. The Kier molecular flexibility index (Phi) is 4.00. The van der Waals surface area contributed by atoms with Crippen molar-refractivity contribution in [2.45, 2.75) is 39.5 Å². The molecule has 1 aliphatic carbocycles. The van der Waals surface area contributed by atoms with Gasteiger partial charge in [-0.2, -0.15) is 0 Å². The fourth-order valence-corrected chi connectivity index (χ4v) is 2.60. The lowest BCUT2D eigenvalue weighted by Crippen LogP contribution is -2.35. The molecule has 0 aromatic heterocycles. The van der Waals surface area contributed by atoms with Gasteiger partial charge in [0.15, 0.2) is 0 Å². The summed E-state index contributed by atoms with van der Waals surface area (Å²) in [5.41, 5.74) is 8.22. The van der Waals surface area contributed by atoms with Crippen molar-refractivity contribution in [1.29, 1.82) is 0 Å². The Labute approximate surface area is 110 Å². The van der Waals surface area contributed by atoms with Crippen LogP contribution < -0.4 is 15.8 Å². The number of nitrogens with two attached hydrogens (primary N) is 1. The highest BCUT2D eigenvalue weighted by Gasteiger charge is 2.34. The van der Waals surface area contributed by atoms with E-state index in [4.69, 9.17) is 10.5 Å². The Morgan fingerprint density at radius 2 is 2.06 bits per heavy atom. The van der Waals surface area contributed by atoms with Gasteiger partial charge in [0.2, 0.25) is 0 Å². The molecule has 100 valence electrons. The molecule has 3 nitrogen and oxygen atoms in total. The second-order valence-electron chi connectivity index (χ2n) is 5.28. The summed E-state index contributed by atoms with van der Waals surface area (Å²) in [6.45, 7) is 5.98. The summed E-state index contributed by atoms with van der Waals surface area (Å²) < 4.78 is 5.51. The maximum atomic E-state index is 5.89. The van der Waals surface area contributed by atoms with Gasteiger partial charge in [-0.15, -0.1) is 0 Å². The number of hydrogen-bond acceptors (Lipinski definition) is 3. The lowest BCUT2D eigenvalue weighted by atomic mass is 9.67. The van der Waals surface area contributed by atoms with E-state index in [1.54, 1.807) is 0 Å². The first-order valence-electron chi connectivity index (χ1n) is 6.95. The molecule has 0 aliphatic heterocycles. The summed E-state index contributed by atoms with van der Waals surface area (Å²) in [5, 5.41) is 3.52. The van der Waals surface area contributed by atoms with Crippen LogP contribution in [0.2, 0.25) is 0 Å². The van der Waals surface area contributed by atoms with Gasteiger partial charge in [-0.3, -0.25) is 0 Å². The number of rotatable bonds is 6. The fraction of sp³-hybridized carbons (Fsp3) is 0.600. The van der Waals surface area contributed by atoms with Crippen LogP contribution in [0.5, 0.6) is 5.75 Å². The van der Waals surface area contributed by atoms with Gasteiger partial charge >= 0.3 is 0 Å². The molecule has 3 heteroatoms. The van der Waals surface area contributed by atoms with E-state index < -0.39 is 0 Å². The number of anilines is 2. The molecule has 0 atom stereocenters. The highest BCUT2D eigenvalue weighted by Crippen LogP contribution is 2.43. The van der Waals surface area contributed by atoms with E-state index in [1.165, 1.54) is 25.7 Å². The highest BCUT2D eigenvalue weighted by molar-refractivity contribution is 5.59. The summed E-state index contributed by atoms with van der Waals surface area (Å²) in [6.07, 6.45) is 5.31. The highest BCUT2D eigenvalue weighted by atomic mass is 16.5. The second kappa shape index (κ2) is 5.51. The molecule has 2 rings (SSSR count). The maximum Gasteiger partial charge on any atom is 0.123 e. The molecule has 1 fully saturated rings. The third kappa shape index (κ3) is 2.89. The van der Waals surface area contributed by atoms with Crippen LogP contribution in [-0.4, -0.2) is 13.2 Å². The minimum Gasteiger partial charge on any atom is -0.494 e. The van der Waals surface area contributed by atoms with E-state index in [-0.39, 0.29) is 0 Å². The van der Waals surface area contributed by atoms with Crippen LogP contribution in [0.1, 0.15) is 39.5 Å². The Morgan fingerprint density at radius 1 is 1.28 bits per heavy atom. The fourth-order valence-electron chi connectivity index (χ4n) is 2.60. The van der Waals surface area contributed by atoms with Gasteiger partial charge in [0.25, 0.3) is 0 Å². The van der Waals surface area contributed by atoms with E-state index in [1.807, 2.05) is 25.1 Å².